The number of carbonyl (C=O) groups excluding carboxylic acids is 1. The molecular formula is C30H32F3N5O3. The van der Waals surface area contributed by atoms with Crippen LogP contribution in [0.2, 0.25) is 0 Å². The molecule has 3 atom stereocenters. The van der Waals surface area contributed by atoms with Gasteiger partial charge in [0.2, 0.25) is 0 Å². The molecule has 216 valence electrons. The van der Waals surface area contributed by atoms with Crippen LogP contribution in [0.3, 0.4) is 0 Å². The normalized spacial score (nSPS) is 20.7. The number of alkyl halides is 3. The van der Waals surface area contributed by atoms with Gasteiger partial charge in [0, 0.05) is 42.2 Å². The highest BCUT2D eigenvalue weighted by Gasteiger charge is 2.43. The van der Waals surface area contributed by atoms with Crippen molar-refractivity contribution >= 4 is 23.8 Å². The molecule has 0 spiro atoms. The molecule has 1 saturated carbocycles. The van der Waals surface area contributed by atoms with Crippen LogP contribution in [0.15, 0.2) is 54.7 Å². The molecule has 1 aliphatic carbocycles. The van der Waals surface area contributed by atoms with E-state index in [0.717, 1.165) is 42.1 Å². The number of nitrogens with one attached hydrogen (secondary N) is 1. The first-order valence-electron chi connectivity index (χ1n) is 13.4. The van der Waals surface area contributed by atoms with Crippen LogP contribution in [-0.4, -0.2) is 38.5 Å². The lowest BCUT2D eigenvalue weighted by atomic mass is 9.77. The number of amides is 1. The number of carboxylic acids is 1. The smallest absolute Gasteiger partial charge is 0.416 e. The standard InChI is InChI=1S/C30H32F3N5O3/c1-29(2,28(40)41)20-12-11-19(15-20)26-36-23(24-25(34)37(3)13-14-38(24)26)17-7-9-18(10-8-17)27(39)35-22-6-4-5-21(16-22)30(31,32)33/h4-10,13-14,16,19-20,25H,11-12,15,34H2,1-3H3,(H,35,39)(H,40,41). The molecule has 4 N–H and O–H groups in total. The third-order valence-electron chi connectivity index (χ3n) is 8.38. The van der Waals surface area contributed by atoms with E-state index in [0.29, 0.717) is 12.1 Å². The largest absolute Gasteiger partial charge is 0.481 e. The Balaban J connectivity index is 1.42. The van der Waals surface area contributed by atoms with Crippen LogP contribution in [-0.2, 0) is 11.0 Å². The summed E-state index contributed by atoms with van der Waals surface area (Å²) in [6.07, 6.45) is 1.09. The van der Waals surface area contributed by atoms with Gasteiger partial charge in [-0.3, -0.25) is 9.59 Å². The molecule has 5 rings (SSSR count). The van der Waals surface area contributed by atoms with Gasteiger partial charge in [-0.2, -0.15) is 13.2 Å². The molecule has 1 fully saturated rings. The molecule has 2 heterocycles. The molecule has 11 heteroatoms. The molecule has 3 unspecified atom stereocenters. The SMILES string of the molecule is CN1C=Cn2c(C3CCC(C(C)(C)C(=O)O)C3)nc(-c3ccc(C(=O)Nc4cccc(C(F)(F)F)c4)cc3)c2C1N. The maximum atomic E-state index is 13.0. The second-order valence-corrected chi connectivity index (χ2v) is 11.3. The van der Waals surface area contributed by atoms with Crippen LogP contribution >= 0.6 is 0 Å². The summed E-state index contributed by atoms with van der Waals surface area (Å²) >= 11 is 0. The van der Waals surface area contributed by atoms with Gasteiger partial charge < -0.3 is 25.6 Å². The van der Waals surface area contributed by atoms with Crippen LogP contribution in [0.25, 0.3) is 17.5 Å². The number of hydrogen-bond donors (Lipinski definition) is 3. The molecule has 3 aromatic rings. The van der Waals surface area contributed by atoms with Gasteiger partial charge in [-0.25, -0.2) is 4.98 Å². The summed E-state index contributed by atoms with van der Waals surface area (Å²) in [7, 11) is 1.86. The number of imidazole rings is 1. The number of carbonyl (C=O) groups is 2. The lowest BCUT2D eigenvalue weighted by molar-refractivity contribution is -0.150. The molecule has 0 saturated heterocycles. The second kappa shape index (κ2) is 10.4. The first kappa shape index (κ1) is 28.4. The van der Waals surface area contributed by atoms with Crippen molar-refractivity contribution in [2.75, 3.05) is 12.4 Å². The Kier molecular flexibility index (Phi) is 7.19. The molecule has 0 bridgehead atoms. The molecule has 1 aromatic heterocycles. The van der Waals surface area contributed by atoms with E-state index in [1.165, 1.54) is 12.1 Å². The van der Waals surface area contributed by atoms with Crippen molar-refractivity contribution in [2.24, 2.45) is 17.1 Å². The number of fused-ring (bicyclic) bond motifs is 1. The highest BCUT2D eigenvalue weighted by molar-refractivity contribution is 6.04. The Bertz CT molecular complexity index is 1510. The summed E-state index contributed by atoms with van der Waals surface area (Å²) in [5, 5.41) is 12.2. The predicted octanol–water partition coefficient (Wildman–Crippen LogP) is 6.15. The Labute approximate surface area is 235 Å². The zero-order valence-electron chi connectivity index (χ0n) is 22.9. The van der Waals surface area contributed by atoms with Crippen molar-refractivity contribution < 1.29 is 27.9 Å². The van der Waals surface area contributed by atoms with E-state index in [9.17, 15) is 27.9 Å². The molecule has 41 heavy (non-hydrogen) atoms. The van der Waals surface area contributed by atoms with Crippen LogP contribution in [0.4, 0.5) is 18.9 Å². The number of anilines is 1. The van der Waals surface area contributed by atoms with E-state index in [1.807, 2.05) is 28.9 Å². The molecular weight excluding hydrogens is 535 g/mol. The predicted molar refractivity (Wildman–Crippen MR) is 149 cm³/mol. The molecule has 0 radical (unpaired) electrons. The molecule has 1 aliphatic heterocycles. The first-order chi connectivity index (χ1) is 19.3. The van der Waals surface area contributed by atoms with Crippen molar-refractivity contribution in [1.29, 1.82) is 0 Å². The van der Waals surface area contributed by atoms with Gasteiger partial charge in [0.05, 0.1) is 22.4 Å². The molecule has 8 nitrogen and oxygen atoms in total. The number of rotatable bonds is 6. The van der Waals surface area contributed by atoms with Gasteiger partial charge in [0.1, 0.15) is 12.0 Å². The summed E-state index contributed by atoms with van der Waals surface area (Å²) in [4.78, 5) is 31.5. The minimum Gasteiger partial charge on any atom is -0.481 e. The molecule has 2 aliphatic rings. The zero-order chi connectivity index (χ0) is 29.7. The maximum absolute atomic E-state index is 13.0. The number of hydrogen-bond acceptors (Lipinski definition) is 5. The summed E-state index contributed by atoms with van der Waals surface area (Å²) in [5.74, 6) is -0.454. The monoisotopic (exact) mass is 567 g/mol. The third-order valence-corrected chi connectivity index (χ3v) is 8.38. The Morgan fingerprint density at radius 3 is 2.44 bits per heavy atom. The average molecular weight is 568 g/mol. The Morgan fingerprint density at radius 2 is 1.78 bits per heavy atom. The van der Waals surface area contributed by atoms with Gasteiger partial charge in [-0.1, -0.05) is 18.2 Å². The fraction of sp³-hybridized carbons (Fsp3) is 0.367. The number of aliphatic carboxylic acids is 1. The second-order valence-electron chi connectivity index (χ2n) is 11.3. The summed E-state index contributed by atoms with van der Waals surface area (Å²) in [6.45, 7) is 3.54. The van der Waals surface area contributed by atoms with Gasteiger partial charge in [0.25, 0.3) is 5.91 Å². The van der Waals surface area contributed by atoms with Crippen molar-refractivity contribution in [2.45, 2.75) is 51.4 Å². The Hall–Kier alpha value is -4.12. The minimum atomic E-state index is -4.51. The first-order valence-corrected chi connectivity index (χ1v) is 13.4. The summed E-state index contributed by atoms with van der Waals surface area (Å²) in [5.41, 5.74) is 7.38. The van der Waals surface area contributed by atoms with Crippen molar-refractivity contribution in [3.63, 3.8) is 0 Å². The maximum Gasteiger partial charge on any atom is 0.416 e. The van der Waals surface area contributed by atoms with Gasteiger partial charge in [-0.15, -0.1) is 0 Å². The van der Waals surface area contributed by atoms with Crippen LogP contribution in [0.5, 0.6) is 0 Å². The lowest BCUT2D eigenvalue weighted by Gasteiger charge is -2.29. The van der Waals surface area contributed by atoms with Gasteiger partial charge in [-0.05, 0) is 69.4 Å². The van der Waals surface area contributed by atoms with Gasteiger partial charge in [0.15, 0.2) is 0 Å². The lowest BCUT2D eigenvalue weighted by Crippen LogP contribution is -2.32. The van der Waals surface area contributed by atoms with E-state index in [-0.39, 0.29) is 23.1 Å². The van der Waals surface area contributed by atoms with E-state index in [2.05, 4.69) is 5.32 Å². The van der Waals surface area contributed by atoms with E-state index >= 15 is 0 Å². The third kappa shape index (κ3) is 5.33. The Morgan fingerprint density at radius 1 is 1.07 bits per heavy atom. The van der Waals surface area contributed by atoms with Crippen molar-refractivity contribution in [1.82, 2.24) is 14.5 Å². The number of nitrogens with zero attached hydrogens (tertiary/aromatic N) is 3. The van der Waals surface area contributed by atoms with E-state index < -0.39 is 35.2 Å². The van der Waals surface area contributed by atoms with Crippen LogP contribution in [0, 0.1) is 11.3 Å². The van der Waals surface area contributed by atoms with E-state index in [4.69, 9.17) is 10.7 Å². The van der Waals surface area contributed by atoms with E-state index in [1.54, 1.807) is 38.1 Å². The number of aromatic nitrogens is 2. The average Bonchev–Trinajstić information content (AvgIpc) is 3.56. The summed E-state index contributed by atoms with van der Waals surface area (Å²) in [6, 6.07) is 11.1. The summed E-state index contributed by atoms with van der Waals surface area (Å²) < 4.78 is 41.1. The minimum absolute atomic E-state index is 0.0138. The number of nitrogens with two attached hydrogens (primary N) is 1. The number of benzene rings is 2. The quantitative estimate of drug-likeness (QED) is 0.330. The van der Waals surface area contributed by atoms with Gasteiger partial charge >= 0.3 is 12.1 Å². The van der Waals surface area contributed by atoms with Crippen LogP contribution < -0.4 is 11.1 Å². The fourth-order valence-corrected chi connectivity index (χ4v) is 5.66. The number of halogens is 3. The molecule has 1 amide bonds. The van der Waals surface area contributed by atoms with Crippen molar-refractivity contribution in [3.05, 3.63) is 77.4 Å². The zero-order valence-corrected chi connectivity index (χ0v) is 22.9. The topological polar surface area (TPSA) is 113 Å². The van der Waals surface area contributed by atoms with Crippen molar-refractivity contribution in [3.8, 4) is 11.3 Å². The molecule has 2 aromatic carbocycles. The number of carboxylic acid groups (broad SMARTS) is 1. The highest BCUT2D eigenvalue weighted by atomic mass is 19.4. The fourth-order valence-electron chi connectivity index (χ4n) is 5.66. The highest BCUT2D eigenvalue weighted by Crippen LogP contribution is 2.48. The van der Waals surface area contributed by atoms with Crippen LogP contribution in [0.1, 0.15) is 72.6 Å².